The van der Waals surface area contributed by atoms with Crippen molar-refractivity contribution in [3.63, 3.8) is 0 Å². The van der Waals surface area contributed by atoms with Crippen molar-refractivity contribution in [2.75, 3.05) is 29.9 Å². The van der Waals surface area contributed by atoms with E-state index >= 15 is 0 Å². The predicted molar refractivity (Wildman–Crippen MR) is 86.6 cm³/mol. The van der Waals surface area contributed by atoms with Crippen LogP contribution in [0.2, 0.25) is 0 Å². The fraction of sp³-hybridized carbons (Fsp3) is 0.647. The zero-order chi connectivity index (χ0) is 13.8. The quantitative estimate of drug-likeness (QED) is 0.862. The molecule has 0 aromatic heterocycles. The second kappa shape index (κ2) is 6.49. The number of rotatable bonds is 5. The molecule has 2 heterocycles. The van der Waals surface area contributed by atoms with Gasteiger partial charge in [0, 0.05) is 25.2 Å². The zero-order valence-corrected chi connectivity index (χ0v) is 12.6. The van der Waals surface area contributed by atoms with Crippen LogP contribution in [0.3, 0.4) is 0 Å². The minimum Gasteiger partial charge on any atom is -0.381 e. The van der Waals surface area contributed by atoms with Gasteiger partial charge in [0.2, 0.25) is 0 Å². The second-order valence-corrected chi connectivity index (χ2v) is 6.29. The first-order chi connectivity index (χ1) is 9.83. The summed E-state index contributed by atoms with van der Waals surface area (Å²) in [6.45, 7) is 5.91. The van der Waals surface area contributed by atoms with Gasteiger partial charge in [-0.25, -0.2) is 0 Å². The Morgan fingerprint density at radius 3 is 2.80 bits per heavy atom. The minimum atomic E-state index is 0.523. The third-order valence-corrected chi connectivity index (χ3v) is 4.55. The molecule has 2 aliphatic heterocycles. The number of para-hydroxylation sites is 2. The third kappa shape index (κ3) is 3.26. The van der Waals surface area contributed by atoms with E-state index < -0.39 is 0 Å². The minimum absolute atomic E-state index is 0.523. The fourth-order valence-corrected chi connectivity index (χ4v) is 3.54. The third-order valence-electron chi connectivity index (χ3n) is 4.55. The van der Waals surface area contributed by atoms with E-state index in [0.717, 1.165) is 0 Å². The molecule has 1 aromatic rings. The van der Waals surface area contributed by atoms with E-state index in [9.17, 15) is 0 Å². The zero-order valence-electron chi connectivity index (χ0n) is 12.6. The van der Waals surface area contributed by atoms with E-state index in [2.05, 4.69) is 46.7 Å². The Morgan fingerprint density at radius 2 is 2.05 bits per heavy atom. The van der Waals surface area contributed by atoms with Crippen molar-refractivity contribution in [2.45, 2.75) is 51.1 Å². The molecule has 2 N–H and O–H groups in total. The van der Waals surface area contributed by atoms with Crippen LogP contribution in [0.25, 0.3) is 0 Å². The van der Waals surface area contributed by atoms with Gasteiger partial charge in [-0.1, -0.05) is 12.1 Å². The van der Waals surface area contributed by atoms with Crippen LogP contribution in [0.1, 0.15) is 39.0 Å². The summed E-state index contributed by atoms with van der Waals surface area (Å²) in [5, 5.41) is 7.33. The molecule has 0 radical (unpaired) electrons. The second-order valence-electron chi connectivity index (χ2n) is 6.29. The molecule has 0 amide bonds. The van der Waals surface area contributed by atoms with E-state index in [1.165, 1.54) is 63.1 Å². The van der Waals surface area contributed by atoms with Crippen LogP contribution in [-0.4, -0.2) is 31.7 Å². The summed E-state index contributed by atoms with van der Waals surface area (Å²) in [4.78, 5) is 2.52. The molecule has 0 spiro atoms. The van der Waals surface area contributed by atoms with Crippen LogP contribution in [0, 0.1) is 0 Å². The van der Waals surface area contributed by atoms with Crippen molar-refractivity contribution in [1.29, 1.82) is 0 Å². The molecule has 3 nitrogen and oxygen atoms in total. The maximum Gasteiger partial charge on any atom is 0.0602 e. The molecule has 3 rings (SSSR count). The van der Waals surface area contributed by atoms with E-state index in [4.69, 9.17) is 0 Å². The number of hydrogen-bond donors (Lipinski definition) is 2. The Hall–Kier alpha value is -1.22. The predicted octanol–water partition coefficient (Wildman–Crippen LogP) is 3.23. The highest BCUT2D eigenvalue weighted by Gasteiger charge is 2.19. The van der Waals surface area contributed by atoms with Crippen molar-refractivity contribution in [2.24, 2.45) is 0 Å². The molecule has 2 fully saturated rings. The lowest BCUT2D eigenvalue weighted by molar-refractivity contribution is 0.523. The van der Waals surface area contributed by atoms with Gasteiger partial charge >= 0.3 is 0 Å². The van der Waals surface area contributed by atoms with E-state index in [0.29, 0.717) is 12.1 Å². The van der Waals surface area contributed by atoms with Crippen molar-refractivity contribution in [3.8, 4) is 0 Å². The Kier molecular flexibility index (Phi) is 4.46. The summed E-state index contributed by atoms with van der Waals surface area (Å²) in [6.07, 6.45) is 6.54. The lowest BCUT2D eigenvalue weighted by Crippen LogP contribution is -2.29. The normalized spacial score (nSPS) is 24.1. The van der Waals surface area contributed by atoms with E-state index in [-0.39, 0.29) is 0 Å². The molecule has 2 unspecified atom stereocenters. The smallest absolute Gasteiger partial charge is 0.0602 e. The average molecular weight is 273 g/mol. The standard InChI is InChI=1S/C17H27N3/c1-14(13-15-7-6-10-18-15)19-16-8-2-3-9-17(16)20-11-4-5-12-20/h2-3,8-9,14-15,18-19H,4-7,10-13H2,1H3. The summed E-state index contributed by atoms with van der Waals surface area (Å²) in [7, 11) is 0. The first-order valence-electron chi connectivity index (χ1n) is 8.17. The van der Waals surface area contributed by atoms with E-state index in [1.807, 2.05) is 0 Å². The summed E-state index contributed by atoms with van der Waals surface area (Å²) < 4.78 is 0. The molecule has 1 aromatic carbocycles. The molecular weight excluding hydrogens is 246 g/mol. The van der Waals surface area contributed by atoms with Gasteiger partial charge in [-0.15, -0.1) is 0 Å². The molecule has 3 heteroatoms. The Morgan fingerprint density at radius 1 is 1.25 bits per heavy atom. The lowest BCUT2D eigenvalue weighted by atomic mass is 10.1. The van der Waals surface area contributed by atoms with Gasteiger partial charge in [0.05, 0.1) is 11.4 Å². The van der Waals surface area contributed by atoms with Crippen molar-refractivity contribution in [1.82, 2.24) is 5.32 Å². The van der Waals surface area contributed by atoms with Gasteiger partial charge in [0.25, 0.3) is 0 Å². The van der Waals surface area contributed by atoms with Crippen molar-refractivity contribution >= 4 is 11.4 Å². The summed E-state index contributed by atoms with van der Waals surface area (Å²) in [5.74, 6) is 0. The Labute approximate surface area is 122 Å². The van der Waals surface area contributed by atoms with E-state index in [1.54, 1.807) is 0 Å². The monoisotopic (exact) mass is 273 g/mol. The SMILES string of the molecule is CC(CC1CCCN1)Nc1ccccc1N1CCCC1. The highest BCUT2D eigenvalue weighted by molar-refractivity contribution is 5.70. The van der Waals surface area contributed by atoms with Crippen LogP contribution < -0.4 is 15.5 Å². The molecule has 2 aliphatic rings. The maximum absolute atomic E-state index is 3.73. The van der Waals surface area contributed by atoms with Crippen molar-refractivity contribution in [3.05, 3.63) is 24.3 Å². The van der Waals surface area contributed by atoms with Crippen LogP contribution in [0.15, 0.2) is 24.3 Å². The molecule has 0 bridgehead atoms. The highest BCUT2D eigenvalue weighted by atomic mass is 15.2. The molecule has 0 saturated carbocycles. The number of anilines is 2. The largest absolute Gasteiger partial charge is 0.381 e. The van der Waals surface area contributed by atoms with Crippen LogP contribution >= 0.6 is 0 Å². The molecule has 0 aliphatic carbocycles. The average Bonchev–Trinajstić information content (AvgIpc) is 3.11. The van der Waals surface area contributed by atoms with Gasteiger partial charge in [0.1, 0.15) is 0 Å². The van der Waals surface area contributed by atoms with Gasteiger partial charge in [0.15, 0.2) is 0 Å². The van der Waals surface area contributed by atoms with Gasteiger partial charge in [-0.2, -0.15) is 0 Å². The summed E-state index contributed by atoms with van der Waals surface area (Å²) in [5.41, 5.74) is 2.69. The molecule has 20 heavy (non-hydrogen) atoms. The van der Waals surface area contributed by atoms with Gasteiger partial charge in [-0.3, -0.25) is 0 Å². The molecule has 2 saturated heterocycles. The number of hydrogen-bond acceptors (Lipinski definition) is 3. The molecular formula is C17H27N3. The summed E-state index contributed by atoms with van der Waals surface area (Å²) in [6, 6.07) is 10.0. The first-order valence-corrected chi connectivity index (χ1v) is 8.17. The topological polar surface area (TPSA) is 27.3 Å². The number of benzene rings is 1. The first kappa shape index (κ1) is 13.7. The maximum atomic E-state index is 3.73. The van der Waals surface area contributed by atoms with Crippen molar-refractivity contribution < 1.29 is 0 Å². The molecule has 2 atom stereocenters. The number of nitrogens with zero attached hydrogens (tertiary/aromatic N) is 1. The van der Waals surface area contributed by atoms with Crippen LogP contribution in [-0.2, 0) is 0 Å². The lowest BCUT2D eigenvalue weighted by Gasteiger charge is -2.25. The van der Waals surface area contributed by atoms with Gasteiger partial charge < -0.3 is 15.5 Å². The Balaban J connectivity index is 1.63. The Bertz CT molecular complexity index is 420. The highest BCUT2D eigenvalue weighted by Crippen LogP contribution is 2.29. The van der Waals surface area contributed by atoms with Gasteiger partial charge in [-0.05, 0) is 57.7 Å². The fourth-order valence-electron chi connectivity index (χ4n) is 3.54. The van der Waals surface area contributed by atoms with Crippen LogP contribution in [0.5, 0.6) is 0 Å². The number of nitrogens with one attached hydrogen (secondary N) is 2. The van der Waals surface area contributed by atoms with Crippen LogP contribution in [0.4, 0.5) is 11.4 Å². The molecule has 110 valence electrons. The summed E-state index contributed by atoms with van der Waals surface area (Å²) >= 11 is 0.